The number of benzene rings is 2. The number of hydrogen-bond donors (Lipinski definition) is 0. The van der Waals surface area contributed by atoms with E-state index >= 15 is 0 Å². The largest absolute Gasteiger partial charge is 0.299 e. The number of non-ortho nitro benzene ring substituents is 1. The van der Waals surface area contributed by atoms with Crippen LogP contribution in [0.15, 0.2) is 47.4 Å². The zero-order chi connectivity index (χ0) is 16.6. The second-order valence-corrected chi connectivity index (χ2v) is 6.95. The maximum atomic E-state index is 12.5. The van der Waals surface area contributed by atoms with E-state index in [1.807, 2.05) is 0 Å². The van der Waals surface area contributed by atoms with Gasteiger partial charge < -0.3 is 0 Å². The number of rotatable bonds is 4. The highest BCUT2D eigenvalue weighted by atomic mass is 32.2. The molecule has 0 aliphatic heterocycles. The van der Waals surface area contributed by atoms with Gasteiger partial charge in [0.25, 0.3) is 5.69 Å². The molecule has 0 unspecified atom stereocenters. The van der Waals surface area contributed by atoms with Gasteiger partial charge in [0.05, 0.1) is 15.6 Å². The minimum Gasteiger partial charge on any atom is -0.258 e. The number of nitrogens with zero attached hydrogens (tertiary/aromatic N) is 4. The predicted octanol–water partition coefficient (Wildman–Crippen LogP) is 1.85. The number of sulfone groups is 1. The molecule has 1 aromatic heterocycles. The Balaban J connectivity index is 2.11. The fraction of sp³-hybridized carbons (Fsp3) is 0.143. The number of fused-ring (bicyclic) bond motifs is 1. The molecule has 0 fully saturated rings. The summed E-state index contributed by atoms with van der Waals surface area (Å²) in [7, 11) is -2.05. The summed E-state index contributed by atoms with van der Waals surface area (Å²) in [4.78, 5) is 11.9. The van der Waals surface area contributed by atoms with Crippen LogP contribution in [0.2, 0.25) is 0 Å². The highest BCUT2D eigenvalue weighted by Crippen LogP contribution is 2.27. The Kier molecular flexibility index (Phi) is 3.57. The van der Waals surface area contributed by atoms with E-state index in [1.165, 1.54) is 36.1 Å². The molecule has 9 heteroatoms. The Morgan fingerprint density at radius 2 is 1.74 bits per heavy atom. The third-order valence-corrected chi connectivity index (χ3v) is 5.03. The molecule has 118 valence electrons. The van der Waals surface area contributed by atoms with E-state index in [1.54, 1.807) is 18.2 Å². The smallest absolute Gasteiger partial charge is 0.258 e. The highest BCUT2D eigenvalue weighted by Gasteiger charge is 2.23. The van der Waals surface area contributed by atoms with Gasteiger partial charge >= 0.3 is 0 Å². The molecular weight excluding hydrogens is 320 g/mol. The number of nitro groups is 1. The summed E-state index contributed by atoms with van der Waals surface area (Å²) >= 11 is 0. The number of hydrogen-bond acceptors (Lipinski definition) is 6. The van der Waals surface area contributed by atoms with Gasteiger partial charge in [0.1, 0.15) is 5.52 Å². The van der Waals surface area contributed by atoms with Gasteiger partial charge in [-0.3, -0.25) is 10.1 Å². The van der Waals surface area contributed by atoms with Crippen molar-refractivity contribution in [1.29, 1.82) is 0 Å². The van der Waals surface area contributed by atoms with Crippen molar-refractivity contribution < 1.29 is 13.3 Å². The van der Waals surface area contributed by atoms with Gasteiger partial charge in [-0.2, -0.15) is 9.90 Å². The number of nitro benzene ring substituents is 1. The molecule has 0 amide bonds. The van der Waals surface area contributed by atoms with Crippen LogP contribution in [0.4, 0.5) is 5.69 Å². The monoisotopic (exact) mass is 332 g/mol. The van der Waals surface area contributed by atoms with Crippen LogP contribution in [0.5, 0.6) is 0 Å². The summed E-state index contributed by atoms with van der Waals surface area (Å²) < 4.78 is 25.0. The molecule has 0 saturated carbocycles. The van der Waals surface area contributed by atoms with Crippen LogP contribution in [0.3, 0.4) is 0 Å². The van der Waals surface area contributed by atoms with Crippen LogP contribution in [-0.4, -0.2) is 28.3 Å². The minimum atomic E-state index is -3.58. The predicted molar refractivity (Wildman–Crippen MR) is 82.5 cm³/mol. The fourth-order valence-corrected chi connectivity index (χ4v) is 3.69. The Hall–Kier alpha value is -2.81. The second kappa shape index (κ2) is 5.43. The topological polar surface area (TPSA) is 108 Å². The van der Waals surface area contributed by atoms with Gasteiger partial charge in [-0.1, -0.05) is 18.2 Å². The Labute approximate surface area is 131 Å². The minimum absolute atomic E-state index is 0.0817. The summed E-state index contributed by atoms with van der Waals surface area (Å²) in [5.41, 5.74) is 0.482. The lowest BCUT2D eigenvalue weighted by Gasteiger charge is -2.05. The van der Waals surface area contributed by atoms with Crippen molar-refractivity contribution in [2.45, 2.75) is 10.6 Å². The molecule has 0 aliphatic carbocycles. The van der Waals surface area contributed by atoms with Crippen LogP contribution >= 0.6 is 0 Å². The molecular formula is C14H12N4O4S. The third kappa shape index (κ3) is 2.78. The number of aryl methyl sites for hydroxylation is 1. The van der Waals surface area contributed by atoms with Crippen molar-refractivity contribution >= 4 is 26.6 Å². The molecule has 1 heterocycles. The molecule has 23 heavy (non-hydrogen) atoms. The Morgan fingerprint density at radius 3 is 2.39 bits per heavy atom. The molecule has 3 aromatic rings. The zero-order valence-corrected chi connectivity index (χ0v) is 12.9. The van der Waals surface area contributed by atoms with Crippen molar-refractivity contribution in [3.05, 3.63) is 58.1 Å². The SMILES string of the molecule is Cn1nc2c(CS(=O)(=O)c3ccccc3)ccc([N+](=O)[O-])c2n1. The maximum Gasteiger partial charge on any atom is 0.299 e. The summed E-state index contributed by atoms with van der Waals surface area (Å²) in [6.45, 7) is 0. The van der Waals surface area contributed by atoms with E-state index in [0.717, 1.165) is 0 Å². The van der Waals surface area contributed by atoms with E-state index in [2.05, 4.69) is 10.2 Å². The van der Waals surface area contributed by atoms with E-state index < -0.39 is 14.8 Å². The highest BCUT2D eigenvalue weighted by molar-refractivity contribution is 7.90. The van der Waals surface area contributed by atoms with Gasteiger partial charge in [-0.25, -0.2) is 8.42 Å². The first-order valence-electron chi connectivity index (χ1n) is 6.63. The van der Waals surface area contributed by atoms with Gasteiger partial charge in [0.15, 0.2) is 15.4 Å². The maximum absolute atomic E-state index is 12.5. The van der Waals surface area contributed by atoms with Crippen molar-refractivity contribution in [1.82, 2.24) is 15.0 Å². The molecule has 0 saturated heterocycles. The first-order chi connectivity index (χ1) is 10.9. The summed E-state index contributed by atoms with van der Waals surface area (Å²) in [5, 5.41) is 19.1. The Morgan fingerprint density at radius 1 is 1.09 bits per heavy atom. The summed E-state index contributed by atoms with van der Waals surface area (Å²) in [5.74, 6) is -0.301. The first kappa shape index (κ1) is 15.1. The van der Waals surface area contributed by atoms with Crippen LogP contribution in [0.25, 0.3) is 11.0 Å². The van der Waals surface area contributed by atoms with E-state index in [4.69, 9.17) is 0 Å². The molecule has 0 spiro atoms. The van der Waals surface area contributed by atoms with Crippen LogP contribution in [0.1, 0.15) is 5.56 Å². The average molecular weight is 332 g/mol. The van der Waals surface area contributed by atoms with Crippen molar-refractivity contribution in [3.8, 4) is 0 Å². The fourth-order valence-electron chi connectivity index (χ4n) is 2.31. The molecule has 2 aromatic carbocycles. The van der Waals surface area contributed by atoms with Crippen molar-refractivity contribution in [2.24, 2.45) is 7.05 Å². The lowest BCUT2D eigenvalue weighted by atomic mass is 10.2. The van der Waals surface area contributed by atoms with Gasteiger partial charge in [0.2, 0.25) is 0 Å². The van der Waals surface area contributed by atoms with Crippen LogP contribution in [0, 0.1) is 10.1 Å². The second-order valence-electron chi connectivity index (χ2n) is 4.96. The Bertz CT molecular complexity index is 996. The molecule has 0 aliphatic rings. The van der Waals surface area contributed by atoms with Gasteiger partial charge in [-0.15, -0.1) is 5.10 Å². The van der Waals surface area contributed by atoms with E-state index in [-0.39, 0.29) is 27.4 Å². The van der Waals surface area contributed by atoms with Gasteiger partial charge in [-0.05, 0) is 23.8 Å². The van der Waals surface area contributed by atoms with Crippen LogP contribution in [-0.2, 0) is 22.6 Å². The van der Waals surface area contributed by atoms with Crippen molar-refractivity contribution in [3.63, 3.8) is 0 Å². The molecule has 0 radical (unpaired) electrons. The van der Waals surface area contributed by atoms with Gasteiger partial charge in [0, 0.05) is 13.1 Å². The zero-order valence-electron chi connectivity index (χ0n) is 12.1. The van der Waals surface area contributed by atoms with E-state index in [0.29, 0.717) is 5.56 Å². The summed E-state index contributed by atoms with van der Waals surface area (Å²) in [6.07, 6.45) is 0. The van der Waals surface area contributed by atoms with E-state index in [9.17, 15) is 18.5 Å². The lowest BCUT2D eigenvalue weighted by Crippen LogP contribution is -2.05. The average Bonchev–Trinajstić information content (AvgIpc) is 2.89. The molecule has 0 N–H and O–H groups in total. The van der Waals surface area contributed by atoms with Crippen molar-refractivity contribution in [2.75, 3.05) is 0 Å². The number of aromatic nitrogens is 3. The lowest BCUT2D eigenvalue weighted by molar-refractivity contribution is -0.383. The van der Waals surface area contributed by atoms with Crippen LogP contribution < -0.4 is 0 Å². The molecule has 8 nitrogen and oxygen atoms in total. The molecule has 3 rings (SSSR count). The summed E-state index contributed by atoms with van der Waals surface area (Å²) in [6, 6.07) is 10.7. The quantitative estimate of drug-likeness (QED) is 0.533. The third-order valence-electron chi connectivity index (χ3n) is 3.35. The first-order valence-corrected chi connectivity index (χ1v) is 8.29. The standard InChI is InChI=1S/C14H12N4O4S/c1-17-15-13-10(7-8-12(18(19)20)14(13)16-17)9-23(21,22)11-5-3-2-4-6-11/h2-8H,9H2,1H3. The normalized spacial score (nSPS) is 11.7. The molecule has 0 atom stereocenters. The molecule has 0 bridgehead atoms.